The Balaban J connectivity index is 1.84. The SMILES string of the molecule is CC(Sc1nnc2ccc(C(F)(F)F)cn12)C(=O)N1CCNC1=O. The minimum Gasteiger partial charge on any atom is -0.336 e. The van der Waals surface area contributed by atoms with E-state index in [2.05, 4.69) is 15.5 Å². The normalized spacial score (nSPS) is 16.5. The highest BCUT2D eigenvalue weighted by Crippen LogP contribution is 2.31. The topological polar surface area (TPSA) is 79.6 Å². The predicted octanol–water partition coefficient (Wildman–Crippen LogP) is 1.78. The first kappa shape index (κ1) is 16.6. The lowest BCUT2D eigenvalue weighted by Crippen LogP contribution is -2.39. The van der Waals surface area contributed by atoms with Crippen molar-refractivity contribution in [3.63, 3.8) is 0 Å². The number of halogens is 3. The molecule has 1 unspecified atom stereocenters. The Morgan fingerprint density at radius 1 is 1.38 bits per heavy atom. The highest BCUT2D eigenvalue weighted by atomic mass is 32.2. The molecule has 3 rings (SSSR count). The summed E-state index contributed by atoms with van der Waals surface area (Å²) < 4.78 is 39.7. The molecule has 1 fully saturated rings. The number of carbonyl (C=O) groups is 2. The molecular formula is C13H12F3N5O2S. The average Bonchev–Trinajstić information content (AvgIpc) is 3.12. The molecular weight excluding hydrogens is 347 g/mol. The highest BCUT2D eigenvalue weighted by molar-refractivity contribution is 8.00. The Labute approximate surface area is 138 Å². The number of amides is 3. The van der Waals surface area contributed by atoms with Gasteiger partial charge in [0.05, 0.1) is 10.8 Å². The molecule has 11 heteroatoms. The second-order valence-electron chi connectivity index (χ2n) is 5.11. The van der Waals surface area contributed by atoms with Crippen molar-refractivity contribution in [2.75, 3.05) is 13.1 Å². The number of aromatic nitrogens is 3. The monoisotopic (exact) mass is 359 g/mol. The number of hydrogen-bond acceptors (Lipinski definition) is 5. The minimum absolute atomic E-state index is 0.150. The maximum atomic E-state index is 12.8. The number of carbonyl (C=O) groups excluding carboxylic acids is 2. The standard InChI is InChI=1S/C13H12F3N5O2S/c1-7(10(22)20-5-4-17-11(20)23)24-12-19-18-9-3-2-8(6-21(9)12)13(14,15)16/h2-3,6-7H,4-5H2,1H3,(H,17,23). The van der Waals surface area contributed by atoms with Crippen LogP contribution in [0.1, 0.15) is 12.5 Å². The molecule has 1 N–H and O–H groups in total. The maximum absolute atomic E-state index is 12.8. The van der Waals surface area contributed by atoms with E-state index in [0.29, 0.717) is 6.54 Å². The molecule has 2 aromatic rings. The van der Waals surface area contributed by atoms with Gasteiger partial charge in [0, 0.05) is 19.3 Å². The van der Waals surface area contributed by atoms with Gasteiger partial charge in [-0.3, -0.25) is 14.1 Å². The molecule has 0 spiro atoms. The molecule has 1 atom stereocenters. The third kappa shape index (κ3) is 3.03. The number of nitrogens with one attached hydrogen (secondary N) is 1. The molecule has 0 saturated carbocycles. The Morgan fingerprint density at radius 2 is 2.12 bits per heavy atom. The lowest BCUT2D eigenvalue weighted by Gasteiger charge is -2.16. The number of urea groups is 1. The van der Waals surface area contributed by atoms with Crippen LogP contribution in [-0.2, 0) is 11.0 Å². The van der Waals surface area contributed by atoms with Crippen molar-refractivity contribution in [2.45, 2.75) is 23.5 Å². The van der Waals surface area contributed by atoms with Crippen molar-refractivity contribution in [2.24, 2.45) is 0 Å². The van der Waals surface area contributed by atoms with Gasteiger partial charge in [0.25, 0.3) is 0 Å². The first-order valence-electron chi connectivity index (χ1n) is 6.95. The molecule has 1 aliphatic heterocycles. The summed E-state index contributed by atoms with van der Waals surface area (Å²) >= 11 is 0.947. The summed E-state index contributed by atoms with van der Waals surface area (Å²) in [5.41, 5.74) is -0.599. The highest BCUT2D eigenvalue weighted by Gasteiger charge is 2.33. The summed E-state index contributed by atoms with van der Waals surface area (Å²) in [4.78, 5) is 24.8. The van der Waals surface area contributed by atoms with E-state index in [4.69, 9.17) is 0 Å². The first-order chi connectivity index (χ1) is 11.3. The van der Waals surface area contributed by atoms with Crippen LogP contribution in [0.2, 0.25) is 0 Å². The molecule has 0 aromatic carbocycles. The summed E-state index contributed by atoms with van der Waals surface area (Å²) in [6.07, 6.45) is -3.60. The van der Waals surface area contributed by atoms with Crippen molar-refractivity contribution < 1.29 is 22.8 Å². The quantitative estimate of drug-likeness (QED) is 0.845. The third-order valence-corrected chi connectivity index (χ3v) is 4.50. The molecule has 128 valence electrons. The minimum atomic E-state index is -4.49. The number of thioether (sulfide) groups is 1. The molecule has 3 heterocycles. The average molecular weight is 359 g/mol. The molecule has 24 heavy (non-hydrogen) atoms. The van der Waals surface area contributed by atoms with Gasteiger partial charge in [-0.15, -0.1) is 10.2 Å². The van der Waals surface area contributed by atoms with Gasteiger partial charge in [-0.1, -0.05) is 11.8 Å². The van der Waals surface area contributed by atoms with Crippen LogP contribution in [0.4, 0.5) is 18.0 Å². The van der Waals surface area contributed by atoms with Crippen LogP contribution in [0, 0.1) is 0 Å². The van der Waals surface area contributed by atoms with Gasteiger partial charge in [0.15, 0.2) is 10.8 Å². The van der Waals surface area contributed by atoms with Crippen molar-refractivity contribution in [3.8, 4) is 0 Å². The van der Waals surface area contributed by atoms with E-state index < -0.39 is 28.9 Å². The first-order valence-corrected chi connectivity index (χ1v) is 7.83. The largest absolute Gasteiger partial charge is 0.417 e. The Kier molecular flexibility index (Phi) is 4.11. The van der Waals surface area contributed by atoms with Gasteiger partial charge in [-0.2, -0.15) is 13.2 Å². The van der Waals surface area contributed by atoms with Crippen LogP contribution in [0.15, 0.2) is 23.5 Å². The van der Waals surface area contributed by atoms with Crippen molar-refractivity contribution in [3.05, 3.63) is 23.9 Å². The van der Waals surface area contributed by atoms with E-state index in [9.17, 15) is 22.8 Å². The molecule has 2 aromatic heterocycles. The van der Waals surface area contributed by atoms with Crippen LogP contribution in [0.3, 0.4) is 0 Å². The van der Waals surface area contributed by atoms with Gasteiger partial charge in [-0.05, 0) is 19.1 Å². The lowest BCUT2D eigenvalue weighted by molar-refractivity contribution is -0.138. The molecule has 3 amide bonds. The molecule has 0 radical (unpaired) electrons. The summed E-state index contributed by atoms with van der Waals surface area (Å²) in [7, 11) is 0. The van der Waals surface area contributed by atoms with Gasteiger partial charge in [-0.25, -0.2) is 4.79 Å². The fourth-order valence-electron chi connectivity index (χ4n) is 2.23. The number of imide groups is 1. The molecule has 7 nitrogen and oxygen atoms in total. The van der Waals surface area contributed by atoms with Crippen LogP contribution in [-0.4, -0.2) is 49.8 Å². The zero-order valence-corrected chi connectivity index (χ0v) is 13.2. The smallest absolute Gasteiger partial charge is 0.336 e. The van der Waals surface area contributed by atoms with E-state index >= 15 is 0 Å². The van der Waals surface area contributed by atoms with Crippen molar-refractivity contribution in [1.82, 2.24) is 24.8 Å². The summed E-state index contributed by atoms with van der Waals surface area (Å²) in [6.45, 7) is 2.21. The molecule has 1 saturated heterocycles. The molecule has 1 aliphatic rings. The van der Waals surface area contributed by atoms with E-state index in [0.717, 1.165) is 28.9 Å². The summed E-state index contributed by atoms with van der Waals surface area (Å²) in [6, 6.07) is 1.65. The number of pyridine rings is 1. The Morgan fingerprint density at radius 3 is 2.75 bits per heavy atom. The van der Waals surface area contributed by atoms with Gasteiger partial charge in [0.2, 0.25) is 5.91 Å². The second-order valence-corrected chi connectivity index (χ2v) is 6.42. The number of rotatable bonds is 3. The van der Waals surface area contributed by atoms with Gasteiger partial charge >= 0.3 is 12.2 Å². The van der Waals surface area contributed by atoms with Crippen LogP contribution >= 0.6 is 11.8 Å². The van der Waals surface area contributed by atoms with Gasteiger partial charge in [0.1, 0.15) is 0 Å². The van der Waals surface area contributed by atoms with E-state index in [1.807, 2.05) is 0 Å². The van der Waals surface area contributed by atoms with Crippen molar-refractivity contribution in [1.29, 1.82) is 0 Å². The summed E-state index contributed by atoms with van der Waals surface area (Å²) in [5, 5.41) is 9.58. The fourth-order valence-corrected chi connectivity index (χ4v) is 3.12. The lowest BCUT2D eigenvalue weighted by atomic mass is 10.3. The predicted molar refractivity (Wildman–Crippen MR) is 78.4 cm³/mol. The van der Waals surface area contributed by atoms with E-state index in [-0.39, 0.29) is 17.3 Å². The molecule has 0 aliphatic carbocycles. The second kappa shape index (κ2) is 5.96. The third-order valence-electron chi connectivity index (χ3n) is 3.45. The molecule has 0 bridgehead atoms. The van der Waals surface area contributed by atoms with Crippen molar-refractivity contribution >= 4 is 29.3 Å². The zero-order chi connectivity index (χ0) is 17.5. The maximum Gasteiger partial charge on any atom is 0.417 e. The van der Waals surface area contributed by atoms with Crippen LogP contribution in [0.5, 0.6) is 0 Å². The van der Waals surface area contributed by atoms with Crippen LogP contribution in [0.25, 0.3) is 5.65 Å². The number of alkyl halides is 3. The number of hydrogen-bond donors (Lipinski definition) is 1. The van der Waals surface area contributed by atoms with E-state index in [1.165, 1.54) is 10.5 Å². The van der Waals surface area contributed by atoms with Gasteiger partial charge < -0.3 is 5.32 Å². The number of fused-ring (bicyclic) bond motifs is 1. The zero-order valence-electron chi connectivity index (χ0n) is 12.4. The fraction of sp³-hybridized carbons (Fsp3) is 0.385. The number of nitrogens with zero attached hydrogens (tertiary/aromatic N) is 4. The Bertz CT molecular complexity index is 806. The van der Waals surface area contributed by atoms with Crippen LogP contribution < -0.4 is 5.32 Å². The summed E-state index contributed by atoms with van der Waals surface area (Å²) in [5.74, 6) is -0.432. The Hall–Kier alpha value is -2.30. The van der Waals surface area contributed by atoms with E-state index in [1.54, 1.807) is 6.92 Å².